The minimum atomic E-state index is -0.432. The van der Waals surface area contributed by atoms with Crippen LogP contribution < -0.4 is 10.6 Å². The third-order valence-electron chi connectivity index (χ3n) is 3.50. The summed E-state index contributed by atoms with van der Waals surface area (Å²) in [5.41, 5.74) is 2.83. The fourth-order valence-corrected chi connectivity index (χ4v) is 2.10. The number of ether oxygens (including phenoxy) is 1. The number of rotatable bonds is 6. The van der Waals surface area contributed by atoms with E-state index in [1.807, 2.05) is 6.92 Å². The number of nitrogens with one attached hydrogen (secondary N) is 2. The Bertz CT molecular complexity index is 730. The lowest BCUT2D eigenvalue weighted by atomic mass is 10.1. The lowest BCUT2D eigenvalue weighted by Gasteiger charge is -2.11. The van der Waals surface area contributed by atoms with Crippen molar-refractivity contribution in [2.45, 2.75) is 13.5 Å². The summed E-state index contributed by atoms with van der Waals surface area (Å²) in [5, 5.41) is 5.74. The van der Waals surface area contributed by atoms with Crippen LogP contribution in [0.15, 0.2) is 42.5 Å². The van der Waals surface area contributed by atoms with Crippen molar-refractivity contribution in [3.05, 3.63) is 65.0 Å². The molecule has 0 atom stereocenters. The van der Waals surface area contributed by atoms with Crippen molar-refractivity contribution in [3.8, 4) is 0 Å². The van der Waals surface area contributed by atoms with Gasteiger partial charge in [0.2, 0.25) is 5.91 Å². The zero-order valence-electron chi connectivity index (χ0n) is 13.6. The van der Waals surface area contributed by atoms with E-state index < -0.39 is 5.97 Å². The molecule has 0 fully saturated rings. The minimum Gasteiger partial charge on any atom is -0.465 e. The molecule has 0 aliphatic rings. The van der Waals surface area contributed by atoms with Crippen LogP contribution in [-0.4, -0.2) is 25.5 Å². The summed E-state index contributed by atoms with van der Waals surface area (Å²) >= 11 is 0. The van der Waals surface area contributed by atoms with Gasteiger partial charge in [0.05, 0.1) is 19.2 Å². The molecule has 0 aliphatic carbocycles. The topological polar surface area (TPSA) is 67.4 Å². The molecule has 2 aromatic rings. The third-order valence-corrected chi connectivity index (χ3v) is 3.50. The van der Waals surface area contributed by atoms with Gasteiger partial charge in [-0.2, -0.15) is 0 Å². The molecule has 5 nitrogen and oxygen atoms in total. The molecule has 0 unspecified atom stereocenters. The second-order valence-electron chi connectivity index (χ2n) is 5.28. The quantitative estimate of drug-likeness (QED) is 0.799. The molecule has 0 spiro atoms. The van der Waals surface area contributed by atoms with Crippen LogP contribution in [0.5, 0.6) is 0 Å². The van der Waals surface area contributed by atoms with Gasteiger partial charge in [-0.3, -0.25) is 4.79 Å². The predicted octanol–water partition coefficient (Wildman–Crippen LogP) is 2.65. The van der Waals surface area contributed by atoms with Crippen molar-refractivity contribution < 1.29 is 18.7 Å². The normalized spacial score (nSPS) is 10.1. The second-order valence-corrected chi connectivity index (χ2v) is 5.28. The number of methoxy groups -OCH3 is 1. The van der Waals surface area contributed by atoms with Gasteiger partial charge in [0, 0.05) is 12.2 Å². The largest absolute Gasteiger partial charge is 0.465 e. The molecular formula is C18H19FN2O3. The van der Waals surface area contributed by atoms with Crippen molar-refractivity contribution in [1.29, 1.82) is 0 Å². The summed E-state index contributed by atoms with van der Waals surface area (Å²) in [6.45, 7) is 2.26. The summed E-state index contributed by atoms with van der Waals surface area (Å²) in [6.07, 6.45) is 0. The number of esters is 1. The Hall–Kier alpha value is -2.89. The third kappa shape index (κ3) is 4.81. The molecule has 24 heavy (non-hydrogen) atoms. The monoisotopic (exact) mass is 330 g/mol. The highest BCUT2D eigenvalue weighted by Crippen LogP contribution is 2.17. The van der Waals surface area contributed by atoms with Crippen molar-refractivity contribution in [1.82, 2.24) is 5.32 Å². The van der Waals surface area contributed by atoms with Gasteiger partial charge >= 0.3 is 5.97 Å². The Labute approximate surface area is 139 Å². The first-order chi connectivity index (χ1) is 11.5. The Balaban J connectivity index is 1.89. The molecule has 0 heterocycles. The Kier molecular flexibility index (Phi) is 5.89. The van der Waals surface area contributed by atoms with E-state index in [2.05, 4.69) is 15.4 Å². The SMILES string of the molecule is COC(=O)c1ccc(C)c(NCC(=O)NCc2ccc(F)cc2)c1. The van der Waals surface area contributed by atoms with Crippen LogP contribution in [0.3, 0.4) is 0 Å². The number of carbonyl (C=O) groups is 2. The molecule has 6 heteroatoms. The van der Waals surface area contributed by atoms with Crippen molar-refractivity contribution in [2.24, 2.45) is 0 Å². The summed E-state index contributed by atoms with van der Waals surface area (Å²) < 4.78 is 17.5. The molecule has 2 rings (SSSR count). The summed E-state index contributed by atoms with van der Waals surface area (Å²) in [6, 6.07) is 11.0. The first-order valence-electron chi connectivity index (χ1n) is 7.43. The number of aryl methyl sites for hydroxylation is 1. The highest BCUT2D eigenvalue weighted by Gasteiger charge is 2.09. The van der Waals surface area contributed by atoms with E-state index in [-0.39, 0.29) is 18.3 Å². The van der Waals surface area contributed by atoms with Gasteiger partial charge in [-0.15, -0.1) is 0 Å². The van der Waals surface area contributed by atoms with Crippen LogP contribution in [0.1, 0.15) is 21.5 Å². The van der Waals surface area contributed by atoms with Crippen molar-refractivity contribution >= 4 is 17.6 Å². The zero-order valence-corrected chi connectivity index (χ0v) is 13.6. The molecule has 0 aliphatic heterocycles. The standard InChI is InChI=1S/C18H19FN2O3/c1-12-3-6-14(18(23)24-2)9-16(12)20-11-17(22)21-10-13-4-7-15(19)8-5-13/h3-9,20H,10-11H2,1-2H3,(H,21,22). The predicted molar refractivity (Wildman–Crippen MR) is 89.3 cm³/mol. The molecule has 2 aromatic carbocycles. The maximum absolute atomic E-state index is 12.8. The van der Waals surface area contributed by atoms with Gasteiger partial charge < -0.3 is 15.4 Å². The van der Waals surface area contributed by atoms with Crippen LogP contribution in [0.4, 0.5) is 10.1 Å². The van der Waals surface area contributed by atoms with Crippen LogP contribution in [0, 0.1) is 12.7 Å². The Morgan fingerprint density at radius 2 is 1.83 bits per heavy atom. The lowest BCUT2D eigenvalue weighted by molar-refractivity contribution is -0.119. The maximum Gasteiger partial charge on any atom is 0.337 e. The van der Waals surface area contributed by atoms with E-state index in [1.165, 1.54) is 19.2 Å². The van der Waals surface area contributed by atoms with Crippen LogP contribution in [0.2, 0.25) is 0 Å². The molecule has 1 amide bonds. The zero-order chi connectivity index (χ0) is 17.5. The van der Waals surface area contributed by atoms with E-state index in [0.717, 1.165) is 11.1 Å². The average molecular weight is 330 g/mol. The van der Waals surface area contributed by atoms with E-state index in [4.69, 9.17) is 0 Å². The Morgan fingerprint density at radius 3 is 2.50 bits per heavy atom. The van der Waals surface area contributed by atoms with Gasteiger partial charge in [-0.1, -0.05) is 18.2 Å². The highest BCUT2D eigenvalue weighted by atomic mass is 19.1. The first kappa shape index (κ1) is 17.5. The molecular weight excluding hydrogens is 311 g/mol. The molecule has 0 saturated carbocycles. The average Bonchev–Trinajstić information content (AvgIpc) is 2.59. The fourth-order valence-electron chi connectivity index (χ4n) is 2.10. The van der Waals surface area contributed by atoms with Crippen LogP contribution >= 0.6 is 0 Å². The summed E-state index contributed by atoms with van der Waals surface area (Å²) in [7, 11) is 1.32. The number of hydrogen-bond acceptors (Lipinski definition) is 4. The van der Waals surface area contributed by atoms with E-state index in [0.29, 0.717) is 17.8 Å². The number of hydrogen-bond donors (Lipinski definition) is 2. The fraction of sp³-hybridized carbons (Fsp3) is 0.222. The van der Waals surface area contributed by atoms with E-state index in [9.17, 15) is 14.0 Å². The lowest BCUT2D eigenvalue weighted by Crippen LogP contribution is -2.29. The number of anilines is 1. The maximum atomic E-state index is 12.8. The number of halogens is 1. The number of amides is 1. The summed E-state index contributed by atoms with van der Waals surface area (Å²) in [4.78, 5) is 23.4. The van der Waals surface area contributed by atoms with Crippen molar-refractivity contribution in [2.75, 3.05) is 19.0 Å². The number of benzene rings is 2. The smallest absolute Gasteiger partial charge is 0.337 e. The van der Waals surface area contributed by atoms with Gasteiger partial charge in [-0.05, 0) is 42.3 Å². The van der Waals surface area contributed by atoms with E-state index in [1.54, 1.807) is 30.3 Å². The molecule has 0 bridgehead atoms. The minimum absolute atomic E-state index is 0.0622. The first-order valence-corrected chi connectivity index (χ1v) is 7.43. The highest BCUT2D eigenvalue weighted by molar-refractivity contribution is 5.91. The van der Waals surface area contributed by atoms with E-state index >= 15 is 0 Å². The molecule has 2 N–H and O–H groups in total. The van der Waals surface area contributed by atoms with Gasteiger partial charge in [-0.25, -0.2) is 9.18 Å². The van der Waals surface area contributed by atoms with Crippen molar-refractivity contribution in [3.63, 3.8) is 0 Å². The number of carbonyl (C=O) groups excluding carboxylic acids is 2. The molecule has 0 aromatic heterocycles. The second kappa shape index (κ2) is 8.10. The van der Waals surface area contributed by atoms with Gasteiger partial charge in [0.25, 0.3) is 0 Å². The van der Waals surface area contributed by atoms with Crippen LogP contribution in [-0.2, 0) is 16.1 Å². The van der Waals surface area contributed by atoms with Gasteiger partial charge in [0.15, 0.2) is 0 Å². The van der Waals surface area contributed by atoms with Gasteiger partial charge in [0.1, 0.15) is 5.82 Å². The molecule has 0 saturated heterocycles. The molecule has 0 radical (unpaired) electrons. The molecule has 126 valence electrons. The Morgan fingerprint density at radius 1 is 1.12 bits per heavy atom. The summed E-state index contributed by atoms with van der Waals surface area (Å²) in [5.74, 6) is -0.950. The van der Waals surface area contributed by atoms with Crippen LogP contribution in [0.25, 0.3) is 0 Å².